The van der Waals surface area contributed by atoms with Gasteiger partial charge in [-0.1, -0.05) is 19.9 Å². The van der Waals surface area contributed by atoms with Crippen LogP contribution in [-0.4, -0.2) is 34.0 Å². The molecule has 34 heavy (non-hydrogen) atoms. The highest BCUT2D eigenvalue weighted by molar-refractivity contribution is 6.00. The Morgan fingerprint density at radius 2 is 1.65 bits per heavy atom. The number of aromatic nitrogens is 1. The van der Waals surface area contributed by atoms with Gasteiger partial charge in [0.2, 0.25) is 0 Å². The molecule has 3 amide bonds. The molecular formula is C25H26N4O5. The molecule has 1 unspecified atom stereocenters. The molecular weight excluding hydrogens is 436 g/mol. The molecule has 1 aromatic heterocycles. The molecule has 0 spiro atoms. The van der Waals surface area contributed by atoms with Crippen molar-refractivity contribution in [1.82, 2.24) is 10.3 Å². The lowest BCUT2D eigenvalue weighted by molar-refractivity contribution is -0.140. The Bertz CT molecular complexity index is 1220. The molecule has 9 nitrogen and oxygen atoms in total. The fourth-order valence-corrected chi connectivity index (χ4v) is 3.89. The lowest BCUT2D eigenvalue weighted by atomic mass is 10.1. The van der Waals surface area contributed by atoms with Crippen LogP contribution >= 0.6 is 0 Å². The SMILES string of the molecule is CC(C)C(NC(=O)c1ncc(-c2ccc(NC(=O)Nc3ccc4c(c3)CCC4)cc2)o1)C(=O)O. The minimum absolute atomic E-state index is 0.224. The van der Waals surface area contributed by atoms with Crippen LogP contribution < -0.4 is 16.0 Å². The van der Waals surface area contributed by atoms with Crippen LogP contribution in [0.5, 0.6) is 0 Å². The summed E-state index contributed by atoms with van der Waals surface area (Å²) in [6.07, 6.45) is 4.67. The number of nitrogens with one attached hydrogen (secondary N) is 3. The number of anilines is 2. The number of fused-ring (bicyclic) bond motifs is 1. The van der Waals surface area contributed by atoms with Crippen LogP contribution in [-0.2, 0) is 17.6 Å². The Hall–Kier alpha value is -4.14. The van der Waals surface area contributed by atoms with E-state index in [1.165, 1.54) is 17.3 Å². The summed E-state index contributed by atoms with van der Waals surface area (Å²) in [7, 11) is 0. The van der Waals surface area contributed by atoms with E-state index in [9.17, 15) is 19.5 Å². The molecule has 176 valence electrons. The molecule has 9 heteroatoms. The first-order valence-corrected chi connectivity index (χ1v) is 11.1. The third kappa shape index (κ3) is 5.25. The van der Waals surface area contributed by atoms with Gasteiger partial charge < -0.3 is 25.5 Å². The van der Waals surface area contributed by atoms with Gasteiger partial charge in [0.05, 0.1) is 6.20 Å². The monoisotopic (exact) mass is 462 g/mol. The van der Waals surface area contributed by atoms with Gasteiger partial charge in [-0.25, -0.2) is 14.6 Å². The van der Waals surface area contributed by atoms with Crippen LogP contribution in [0.3, 0.4) is 0 Å². The summed E-state index contributed by atoms with van der Waals surface area (Å²) < 4.78 is 5.51. The van der Waals surface area contributed by atoms with Crippen LogP contribution in [0.1, 0.15) is 42.1 Å². The summed E-state index contributed by atoms with van der Waals surface area (Å²) in [5.41, 5.74) is 4.61. The number of carbonyl (C=O) groups excluding carboxylic acids is 2. The molecule has 3 aromatic rings. The predicted molar refractivity (Wildman–Crippen MR) is 127 cm³/mol. The lowest BCUT2D eigenvalue weighted by Crippen LogP contribution is -2.44. The number of aryl methyl sites for hydroxylation is 2. The third-order valence-corrected chi connectivity index (χ3v) is 5.70. The number of aliphatic carboxylic acids is 1. The number of carboxylic acid groups (broad SMARTS) is 1. The number of hydrogen-bond donors (Lipinski definition) is 4. The summed E-state index contributed by atoms with van der Waals surface area (Å²) in [6.45, 7) is 3.39. The quantitative estimate of drug-likeness (QED) is 0.413. The van der Waals surface area contributed by atoms with E-state index in [4.69, 9.17) is 4.42 Å². The van der Waals surface area contributed by atoms with Crippen molar-refractivity contribution in [3.05, 3.63) is 65.7 Å². The van der Waals surface area contributed by atoms with E-state index in [1.807, 2.05) is 12.1 Å². The second-order valence-corrected chi connectivity index (χ2v) is 8.56. The van der Waals surface area contributed by atoms with Gasteiger partial charge in [0.15, 0.2) is 5.76 Å². The van der Waals surface area contributed by atoms with Gasteiger partial charge in [0.25, 0.3) is 5.89 Å². The Labute approximate surface area is 196 Å². The average molecular weight is 463 g/mol. The van der Waals surface area contributed by atoms with E-state index in [2.05, 4.69) is 27.0 Å². The highest BCUT2D eigenvalue weighted by Crippen LogP contribution is 2.25. The van der Waals surface area contributed by atoms with Crippen molar-refractivity contribution >= 4 is 29.3 Å². The van der Waals surface area contributed by atoms with Crippen molar-refractivity contribution in [1.29, 1.82) is 0 Å². The summed E-state index contributed by atoms with van der Waals surface area (Å²) in [4.78, 5) is 39.9. The van der Waals surface area contributed by atoms with E-state index >= 15 is 0 Å². The molecule has 1 aliphatic rings. The summed E-state index contributed by atoms with van der Waals surface area (Å²) in [5.74, 6) is -2.00. The zero-order valence-corrected chi connectivity index (χ0v) is 18.9. The van der Waals surface area contributed by atoms with Crippen LogP contribution in [0.2, 0.25) is 0 Å². The van der Waals surface area contributed by atoms with Crippen molar-refractivity contribution in [2.45, 2.75) is 39.2 Å². The van der Waals surface area contributed by atoms with Gasteiger partial charge in [0, 0.05) is 16.9 Å². The van der Waals surface area contributed by atoms with Gasteiger partial charge in [-0.15, -0.1) is 0 Å². The van der Waals surface area contributed by atoms with Crippen molar-refractivity contribution in [3.63, 3.8) is 0 Å². The van der Waals surface area contributed by atoms with Crippen molar-refractivity contribution in [2.24, 2.45) is 5.92 Å². The number of rotatable bonds is 7. The summed E-state index contributed by atoms with van der Waals surface area (Å²) in [6, 6.07) is 11.5. The van der Waals surface area contributed by atoms with Crippen LogP contribution in [0, 0.1) is 5.92 Å². The first-order valence-electron chi connectivity index (χ1n) is 11.1. The van der Waals surface area contributed by atoms with Gasteiger partial charge >= 0.3 is 17.9 Å². The lowest BCUT2D eigenvalue weighted by Gasteiger charge is -2.16. The molecule has 1 heterocycles. The Kier molecular flexibility index (Phi) is 6.62. The number of hydrogen-bond acceptors (Lipinski definition) is 5. The number of nitrogens with zero attached hydrogens (tertiary/aromatic N) is 1. The molecule has 0 fully saturated rings. The van der Waals surface area contributed by atoms with E-state index < -0.39 is 17.9 Å². The van der Waals surface area contributed by atoms with E-state index in [0.717, 1.165) is 24.9 Å². The molecule has 2 aromatic carbocycles. The molecule has 0 radical (unpaired) electrons. The Morgan fingerprint density at radius 1 is 0.971 bits per heavy atom. The third-order valence-electron chi connectivity index (χ3n) is 5.70. The molecule has 1 atom stereocenters. The highest BCUT2D eigenvalue weighted by Gasteiger charge is 2.26. The van der Waals surface area contributed by atoms with E-state index in [0.29, 0.717) is 17.0 Å². The average Bonchev–Trinajstić information content (AvgIpc) is 3.47. The van der Waals surface area contributed by atoms with Crippen molar-refractivity contribution in [2.75, 3.05) is 10.6 Å². The van der Waals surface area contributed by atoms with Gasteiger partial charge in [-0.2, -0.15) is 0 Å². The number of carbonyl (C=O) groups is 3. The first-order chi connectivity index (χ1) is 16.3. The predicted octanol–water partition coefficient (Wildman–Crippen LogP) is 4.31. The first kappa shape index (κ1) is 23.0. The highest BCUT2D eigenvalue weighted by atomic mass is 16.4. The van der Waals surface area contributed by atoms with Gasteiger partial charge in [-0.05, 0) is 72.7 Å². The molecule has 0 aliphatic heterocycles. The second kappa shape index (κ2) is 9.78. The summed E-state index contributed by atoms with van der Waals surface area (Å²) in [5, 5.41) is 17.3. The smallest absolute Gasteiger partial charge is 0.326 e. The molecule has 0 saturated carbocycles. The number of oxazole rings is 1. The van der Waals surface area contributed by atoms with Crippen LogP contribution in [0.4, 0.5) is 16.2 Å². The Balaban J connectivity index is 1.36. The van der Waals surface area contributed by atoms with E-state index in [1.54, 1.807) is 38.1 Å². The largest absolute Gasteiger partial charge is 0.480 e. The minimum Gasteiger partial charge on any atom is -0.480 e. The summed E-state index contributed by atoms with van der Waals surface area (Å²) >= 11 is 0. The number of carboxylic acids is 1. The maximum absolute atomic E-state index is 12.4. The standard InChI is InChI=1S/C25H26N4O5/c1-14(2)21(24(31)32)29-22(30)23-26-13-20(34-23)16-7-9-18(10-8-16)27-25(33)28-19-11-6-15-4-3-5-17(15)12-19/h6-14,21H,3-5H2,1-2H3,(H,29,30)(H,31,32)(H2,27,28,33). The molecule has 4 N–H and O–H groups in total. The van der Waals surface area contributed by atoms with Crippen LogP contribution in [0.25, 0.3) is 11.3 Å². The van der Waals surface area contributed by atoms with Crippen LogP contribution in [0.15, 0.2) is 53.1 Å². The van der Waals surface area contributed by atoms with Crippen molar-refractivity contribution < 1.29 is 23.9 Å². The van der Waals surface area contributed by atoms with Gasteiger partial charge in [0.1, 0.15) is 6.04 Å². The fraction of sp³-hybridized carbons (Fsp3) is 0.280. The topological polar surface area (TPSA) is 134 Å². The Morgan fingerprint density at radius 3 is 2.35 bits per heavy atom. The fourth-order valence-electron chi connectivity index (χ4n) is 3.89. The number of benzene rings is 2. The maximum atomic E-state index is 12.4. The molecule has 1 aliphatic carbocycles. The van der Waals surface area contributed by atoms with E-state index in [-0.39, 0.29) is 17.8 Å². The molecule has 0 bridgehead atoms. The molecule has 0 saturated heterocycles. The normalized spacial score (nSPS) is 13.3. The van der Waals surface area contributed by atoms with Crippen molar-refractivity contribution in [3.8, 4) is 11.3 Å². The second-order valence-electron chi connectivity index (χ2n) is 8.56. The zero-order valence-electron chi connectivity index (χ0n) is 18.9. The minimum atomic E-state index is -1.13. The van der Waals surface area contributed by atoms with Gasteiger partial charge in [-0.3, -0.25) is 4.79 Å². The molecule has 4 rings (SSSR count). The number of amides is 3. The zero-order chi connectivity index (χ0) is 24.2. The maximum Gasteiger partial charge on any atom is 0.326 e. The number of urea groups is 1.